The van der Waals surface area contributed by atoms with Gasteiger partial charge >= 0.3 is 6.03 Å². The number of amides is 2. The van der Waals surface area contributed by atoms with E-state index in [-0.39, 0.29) is 11.6 Å². The van der Waals surface area contributed by atoms with E-state index in [0.29, 0.717) is 0 Å². The van der Waals surface area contributed by atoms with Gasteiger partial charge in [0.05, 0.1) is 0 Å². The van der Waals surface area contributed by atoms with Crippen molar-refractivity contribution in [1.82, 2.24) is 15.1 Å². The lowest BCUT2D eigenvalue weighted by Gasteiger charge is -2.43. The molecule has 1 heterocycles. The van der Waals surface area contributed by atoms with Crippen LogP contribution in [0.2, 0.25) is 0 Å². The van der Waals surface area contributed by atoms with Gasteiger partial charge in [-0.15, -0.1) is 0 Å². The van der Waals surface area contributed by atoms with Crippen LogP contribution in [0, 0.1) is 0 Å². The van der Waals surface area contributed by atoms with Gasteiger partial charge in [0, 0.05) is 39.3 Å². The maximum atomic E-state index is 12.4. The summed E-state index contributed by atoms with van der Waals surface area (Å²) in [6, 6.07) is 21.1. The first-order chi connectivity index (χ1) is 12.6. The van der Waals surface area contributed by atoms with Gasteiger partial charge in [-0.1, -0.05) is 60.7 Å². The maximum absolute atomic E-state index is 12.4. The molecule has 1 saturated heterocycles. The highest BCUT2D eigenvalue weighted by atomic mass is 16.2. The van der Waals surface area contributed by atoms with Gasteiger partial charge in [-0.3, -0.25) is 4.90 Å². The standard InChI is InChI=1S/C22H29N3O/c1-24(2)21(26)23-22(17-19-9-5-3-6-10-19)13-15-25(16-14-22)18-20-11-7-4-8-12-20/h3-12H,13-18H2,1-2H3,(H,23,26). The molecule has 0 saturated carbocycles. The van der Waals surface area contributed by atoms with Crippen molar-refractivity contribution in [2.45, 2.75) is 31.3 Å². The van der Waals surface area contributed by atoms with Crippen molar-refractivity contribution in [3.8, 4) is 0 Å². The SMILES string of the molecule is CN(C)C(=O)NC1(Cc2ccccc2)CCN(Cc2ccccc2)CC1. The van der Waals surface area contributed by atoms with Gasteiger partial charge in [-0.05, 0) is 30.4 Å². The molecule has 1 N–H and O–H groups in total. The molecule has 138 valence electrons. The molecule has 2 amide bonds. The second-order valence-electron chi connectivity index (χ2n) is 7.53. The molecule has 1 aliphatic rings. The number of nitrogens with one attached hydrogen (secondary N) is 1. The number of hydrogen-bond donors (Lipinski definition) is 1. The van der Waals surface area contributed by atoms with E-state index < -0.39 is 0 Å². The number of rotatable bonds is 5. The Bertz CT molecular complexity index is 692. The molecular weight excluding hydrogens is 322 g/mol. The third-order valence-electron chi connectivity index (χ3n) is 5.23. The topological polar surface area (TPSA) is 35.6 Å². The lowest BCUT2D eigenvalue weighted by molar-refractivity contribution is 0.126. The van der Waals surface area contributed by atoms with Crippen LogP contribution in [0.15, 0.2) is 60.7 Å². The summed E-state index contributed by atoms with van der Waals surface area (Å²) in [5, 5.41) is 3.33. The lowest BCUT2D eigenvalue weighted by atomic mass is 9.81. The molecule has 2 aromatic rings. The minimum Gasteiger partial charge on any atom is -0.332 e. The van der Waals surface area contributed by atoms with Crippen molar-refractivity contribution in [2.75, 3.05) is 27.2 Å². The molecule has 2 aromatic carbocycles. The van der Waals surface area contributed by atoms with Crippen LogP contribution in [0.25, 0.3) is 0 Å². The van der Waals surface area contributed by atoms with Crippen molar-refractivity contribution in [1.29, 1.82) is 0 Å². The Kier molecular flexibility index (Phi) is 5.94. The quantitative estimate of drug-likeness (QED) is 0.894. The van der Waals surface area contributed by atoms with Crippen molar-refractivity contribution >= 4 is 6.03 Å². The average Bonchev–Trinajstić information content (AvgIpc) is 2.65. The van der Waals surface area contributed by atoms with E-state index in [1.54, 1.807) is 19.0 Å². The molecular formula is C22H29N3O. The van der Waals surface area contributed by atoms with Gasteiger partial charge < -0.3 is 10.2 Å². The molecule has 26 heavy (non-hydrogen) atoms. The fraction of sp³-hybridized carbons (Fsp3) is 0.409. The number of urea groups is 1. The Balaban J connectivity index is 1.68. The monoisotopic (exact) mass is 351 g/mol. The lowest BCUT2D eigenvalue weighted by Crippen LogP contribution is -2.58. The van der Waals surface area contributed by atoms with Crippen LogP contribution in [-0.2, 0) is 13.0 Å². The third-order valence-corrected chi connectivity index (χ3v) is 5.23. The molecule has 0 bridgehead atoms. The molecule has 0 spiro atoms. The summed E-state index contributed by atoms with van der Waals surface area (Å²) in [7, 11) is 3.60. The number of likely N-dealkylation sites (tertiary alicyclic amines) is 1. The highest BCUT2D eigenvalue weighted by Crippen LogP contribution is 2.28. The third kappa shape index (κ3) is 4.85. The zero-order chi connectivity index (χ0) is 18.4. The Morgan fingerprint density at radius 1 is 0.962 bits per heavy atom. The summed E-state index contributed by atoms with van der Waals surface area (Å²) in [6.45, 7) is 2.97. The average molecular weight is 351 g/mol. The first-order valence-corrected chi connectivity index (χ1v) is 9.36. The molecule has 0 atom stereocenters. The second-order valence-corrected chi connectivity index (χ2v) is 7.53. The van der Waals surface area contributed by atoms with Crippen LogP contribution in [0.3, 0.4) is 0 Å². The van der Waals surface area contributed by atoms with E-state index in [1.807, 2.05) is 6.07 Å². The second kappa shape index (κ2) is 8.37. The van der Waals surface area contributed by atoms with Crippen molar-refractivity contribution < 1.29 is 4.79 Å². The zero-order valence-electron chi connectivity index (χ0n) is 15.8. The first kappa shape index (κ1) is 18.5. The number of carbonyl (C=O) groups is 1. The van der Waals surface area contributed by atoms with Gasteiger partial charge in [0.15, 0.2) is 0 Å². The predicted molar refractivity (Wildman–Crippen MR) is 106 cm³/mol. The summed E-state index contributed by atoms with van der Waals surface area (Å²) in [5.74, 6) is 0. The van der Waals surface area contributed by atoms with Crippen LogP contribution < -0.4 is 5.32 Å². The van der Waals surface area contributed by atoms with Crippen LogP contribution in [-0.4, -0.2) is 48.6 Å². The Morgan fingerprint density at radius 3 is 2.04 bits per heavy atom. The molecule has 3 rings (SSSR count). The molecule has 0 aromatic heterocycles. The molecule has 1 fully saturated rings. The van der Waals surface area contributed by atoms with Gasteiger partial charge in [0.25, 0.3) is 0 Å². The van der Waals surface area contributed by atoms with E-state index in [1.165, 1.54) is 11.1 Å². The molecule has 1 aliphatic heterocycles. The van der Waals surface area contributed by atoms with E-state index in [0.717, 1.165) is 38.9 Å². The number of hydrogen-bond acceptors (Lipinski definition) is 2. The number of piperidine rings is 1. The highest BCUT2D eigenvalue weighted by Gasteiger charge is 2.36. The minimum absolute atomic E-state index is 0.00237. The van der Waals surface area contributed by atoms with Gasteiger partial charge in [-0.2, -0.15) is 0 Å². The van der Waals surface area contributed by atoms with Crippen LogP contribution in [0.5, 0.6) is 0 Å². The Morgan fingerprint density at radius 2 is 1.50 bits per heavy atom. The van der Waals surface area contributed by atoms with Crippen molar-refractivity contribution in [3.05, 3.63) is 71.8 Å². The number of benzene rings is 2. The molecule has 0 aliphatic carbocycles. The Hall–Kier alpha value is -2.33. The van der Waals surface area contributed by atoms with Crippen LogP contribution in [0.1, 0.15) is 24.0 Å². The maximum Gasteiger partial charge on any atom is 0.317 e. The molecule has 4 heteroatoms. The summed E-state index contributed by atoms with van der Waals surface area (Å²) in [6.07, 6.45) is 2.81. The fourth-order valence-electron chi connectivity index (χ4n) is 3.65. The zero-order valence-corrected chi connectivity index (χ0v) is 15.8. The number of nitrogens with zero attached hydrogens (tertiary/aromatic N) is 2. The number of carbonyl (C=O) groups excluding carboxylic acids is 1. The van der Waals surface area contributed by atoms with Crippen molar-refractivity contribution in [2.24, 2.45) is 0 Å². The summed E-state index contributed by atoms with van der Waals surface area (Å²) in [5.41, 5.74) is 2.46. The minimum atomic E-state index is -0.171. The molecule has 4 nitrogen and oxygen atoms in total. The summed E-state index contributed by atoms with van der Waals surface area (Å²) in [4.78, 5) is 16.5. The van der Waals surface area contributed by atoms with Gasteiger partial charge in [0.1, 0.15) is 0 Å². The van der Waals surface area contributed by atoms with Crippen molar-refractivity contribution in [3.63, 3.8) is 0 Å². The first-order valence-electron chi connectivity index (χ1n) is 9.36. The Labute approximate surface area is 156 Å². The predicted octanol–water partition coefficient (Wildman–Crippen LogP) is 3.54. The van der Waals surface area contributed by atoms with E-state index in [9.17, 15) is 4.79 Å². The van der Waals surface area contributed by atoms with E-state index >= 15 is 0 Å². The summed E-state index contributed by atoms with van der Waals surface area (Å²) < 4.78 is 0. The summed E-state index contributed by atoms with van der Waals surface area (Å²) >= 11 is 0. The van der Waals surface area contributed by atoms with Crippen LogP contribution in [0.4, 0.5) is 4.79 Å². The largest absolute Gasteiger partial charge is 0.332 e. The van der Waals surface area contributed by atoms with Crippen LogP contribution >= 0.6 is 0 Å². The van der Waals surface area contributed by atoms with Gasteiger partial charge in [0.2, 0.25) is 0 Å². The van der Waals surface area contributed by atoms with E-state index in [4.69, 9.17) is 0 Å². The molecule has 0 unspecified atom stereocenters. The fourth-order valence-corrected chi connectivity index (χ4v) is 3.65. The smallest absolute Gasteiger partial charge is 0.317 e. The van der Waals surface area contributed by atoms with Gasteiger partial charge in [-0.25, -0.2) is 4.79 Å². The highest BCUT2D eigenvalue weighted by molar-refractivity contribution is 5.74. The van der Waals surface area contributed by atoms with E-state index in [2.05, 4.69) is 64.8 Å². The molecule has 0 radical (unpaired) electrons. The normalized spacial score (nSPS) is 16.8.